The molecule has 1 atom stereocenters. The largest absolute Gasteiger partial charge is 0.346 e. The van der Waals surface area contributed by atoms with E-state index in [-0.39, 0.29) is 18.0 Å². The average Bonchev–Trinajstić information content (AvgIpc) is 3.01. The molecule has 1 unspecified atom stereocenters. The first kappa shape index (κ1) is 18.5. The van der Waals surface area contributed by atoms with Gasteiger partial charge in [0.25, 0.3) is 0 Å². The number of amides is 1. The maximum atomic E-state index is 12.4. The minimum Gasteiger partial charge on any atom is -0.346 e. The van der Waals surface area contributed by atoms with Gasteiger partial charge in [-0.05, 0) is 52.0 Å². The average molecular weight is 368 g/mol. The number of carbonyl (C=O) groups is 1. The highest BCUT2D eigenvalue weighted by atomic mass is 32.2. The number of aryl methyl sites for hydroxylation is 1. The topological polar surface area (TPSA) is 46.9 Å². The van der Waals surface area contributed by atoms with Crippen molar-refractivity contribution in [2.24, 2.45) is 0 Å². The molecule has 0 bridgehead atoms. The van der Waals surface area contributed by atoms with Crippen molar-refractivity contribution in [1.29, 1.82) is 0 Å². The number of benzene rings is 2. The van der Waals surface area contributed by atoms with E-state index in [1.165, 1.54) is 5.56 Å². The van der Waals surface area contributed by atoms with Crippen LogP contribution in [0.2, 0.25) is 0 Å². The summed E-state index contributed by atoms with van der Waals surface area (Å²) in [6, 6.07) is 16.5. The Hall–Kier alpha value is -2.27. The van der Waals surface area contributed by atoms with Crippen LogP contribution in [0.15, 0.2) is 53.4 Å². The van der Waals surface area contributed by atoms with Gasteiger partial charge in [0, 0.05) is 10.9 Å². The first-order valence-electron chi connectivity index (χ1n) is 8.91. The molecule has 1 heterocycles. The van der Waals surface area contributed by atoms with Crippen LogP contribution >= 0.6 is 11.8 Å². The Labute approximate surface area is 159 Å². The molecule has 0 spiro atoms. The molecule has 0 saturated heterocycles. The number of rotatable bonds is 6. The number of nitrogens with one attached hydrogen (secondary N) is 1. The molecule has 0 fully saturated rings. The molecule has 1 aromatic heterocycles. The third kappa shape index (κ3) is 4.10. The zero-order valence-corrected chi connectivity index (χ0v) is 16.5. The van der Waals surface area contributed by atoms with Gasteiger partial charge in [-0.3, -0.25) is 4.79 Å². The second kappa shape index (κ2) is 7.96. The first-order chi connectivity index (χ1) is 12.5. The smallest absolute Gasteiger partial charge is 0.230 e. The van der Waals surface area contributed by atoms with Gasteiger partial charge in [-0.25, -0.2) is 4.98 Å². The summed E-state index contributed by atoms with van der Waals surface area (Å²) in [6.07, 6.45) is 0. The van der Waals surface area contributed by atoms with Crippen LogP contribution in [0.4, 0.5) is 0 Å². The van der Waals surface area contributed by atoms with Crippen molar-refractivity contribution < 1.29 is 4.79 Å². The third-order valence-electron chi connectivity index (χ3n) is 4.30. The minimum atomic E-state index is -0.143. The molecule has 2 aromatic carbocycles. The molecular formula is C21H25N3OS. The molecule has 26 heavy (non-hydrogen) atoms. The number of hydrogen-bond donors (Lipinski definition) is 1. The molecule has 4 nitrogen and oxygen atoms in total. The predicted molar refractivity (Wildman–Crippen MR) is 109 cm³/mol. The van der Waals surface area contributed by atoms with Crippen LogP contribution in [-0.2, 0) is 4.79 Å². The normalized spacial score (nSPS) is 12.5. The van der Waals surface area contributed by atoms with Gasteiger partial charge in [0.15, 0.2) is 0 Å². The van der Waals surface area contributed by atoms with E-state index in [0.717, 1.165) is 21.8 Å². The summed E-state index contributed by atoms with van der Waals surface area (Å²) in [5.41, 5.74) is 3.29. The number of imidazole rings is 1. The van der Waals surface area contributed by atoms with Crippen LogP contribution in [0.5, 0.6) is 0 Å². The molecule has 3 rings (SSSR count). The Morgan fingerprint density at radius 3 is 2.50 bits per heavy atom. The van der Waals surface area contributed by atoms with Gasteiger partial charge >= 0.3 is 0 Å². The number of fused-ring (bicyclic) bond motifs is 1. The molecule has 0 saturated carbocycles. The van der Waals surface area contributed by atoms with Crippen LogP contribution in [0.25, 0.3) is 11.0 Å². The summed E-state index contributed by atoms with van der Waals surface area (Å²) < 4.78 is 2.20. The molecule has 0 aliphatic heterocycles. The van der Waals surface area contributed by atoms with Gasteiger partial charge in [0.2, 0.25) is 5.91 Å². The molecule has 0 radical (unpaired) electrons. The monoisotopic (exact) mass is 367 g/mol. The number of thioether (sulfide) groups is 1. The van der Waals surface area contributed by atoms with E-state index in [1.54, 1.807) is 11.8 Å². The fraction of sp³-hybridized carbons (Fsp3) is 0.333. The van der Waals surface area contributed by atoms with Gasteiger partial charge < -0.3 is 9.88 Å². The fourth-order valence-electron chi connectivity index (χ4n) is 3.04. The van der Waals surface area contributed by atoms with Crippen molar-refractivity contribution >= 4 is 28.7 Å². The zero-order valence-electron chi connectivity index (χ0n) is 15.7. The van der Waals surface area contributed by atoms with E-state index in [0.29, 0.717) is 5.75 Å². The minimum absolute atomic E-state index is 0.0189. The standard InChI is InChI=1S/C21H25N3OS/c1-14(2)24-19-8-6-5-7-18(19)23-21(24)16(4)22-20(25)13-26-17-11-9-15(3)10-12-17/h5-12,14,16H,13H2,1-4H3,(H,22,25). The van der Waals surface area contributed by atoms with Gasteiger partial charge in [0.1, 0.15) is 5.82 Å². The van der Waals surface area contributed by atoms with E-state index < -0.39 is 0 Å². The second-order valence-electron chi connectivity index (χ2n) is 6.81. The van der Waals surface area contributed by atoms with E-state index in [1.807, 2.05) is 25.1 Å². The number of hydrogen-bond acceptors (Lipinski definition) is 3. The molecule has 1 amide bonds. The summed E-state index contributed by atoms with van der Waals surface area (Å²) in [4.78, 5) is 18.3. The van der Waals surface area contributed by atoms with Gasteiger partial charge in [-0.15, -0.1) is 11.8 Å². The SMILES string of the molecule is Cc1ccc(SCC(=O)NC(C)c2nc3ccccc3n2C(C)C)cc1. The lowest BCUT2D eigenvalue weighted by Gasteiger charge is -2.18. The van der Waals surface area contributed by atoms with Crippen LogP contribution in [0.1, 0.15) is 44.2 Å². The van der Waals surface area contributed by atoms with E-state index in [4.69, 9.17) is 4.98 Å². The summed E-state index contributed by atoms with van der Waals surface area (Å²) in [5.74, 6) is 1.32. The summed E-state index contributed by atoms with van der Waals surface area (Å²) in [7, 11) is 0. The summed E-state index contributed by atoms with van der Waals surface area (Å²) >= 11 is 1.55. The fourth-order valence-corrected chi connectivity index (χ4v) is 3.75. The van der Waals surface area contributed by atoms with E-state index in [2.05, 4.69) is 61.0 Å². The maximum absolute atomic E-state index is 12.4. The number of aromatic nitrogens is 2. The molecule has 1 N–H and O–H groups in total. The van der Waals surface area contributed by atoms with Crippen LogP contribution in [-0.4, -0.2) is 21.2 Å². The van der Waals surface area contributed by atoms with Crippen molar-refractivity contribution in [3.63, 3.8) is 0 Å². The van der Waals surface area contributed by atoms with Crippen molar-refractivity contribution in [1.82, 2.24) is 14.9 Å². The Balaban J connectivity index is 1.70. The predicted octanol–water partition coefficient (Wildman–Crippen LogP) is 4.90. The molecular weight excluding hydrogens is 342 g/mol. The first-order valence-corrected chi connectivity index (χ1v) is 9.90. The molecule has 3 aromatic rings. The lowest BCUT2D eigenvalue weighted by atomic mass is 10.2. The molecule has 136 valence electrons. The number of nitrogens with zero attached hydrogens (tertiary/aromatic N) is 2. The highest BCUT2D eigenvalue weighted by Crippen LogP contribution is 2.25. The van der Waals surface area contributed by atoms with Gasteiger partial charge in [-0.1, -0.05) is 29.8 Å². The van der Waals surface area contributed by atoms with Crippen molar-refractivity contribution in [3.8, 4) is 0 Å². The highest BCUT2D eigenvalue weighted by Gasteiger charge is 2.19. The Kier molecular flexibility index (Phi) is 5.67. The number of carbonyl (C=O) groups excluding carboxylic acids is 1. The quantitative estimate of drug-likeness (QED) is 0.631. The van der Waals surface area contributed by atoms with Crippen molar-refractivity contribution in [3.05, 3.63) is 59.9 Å². The van der Waals surface area contributed by atoms with Crippen LogP contribution < -0.4 is 5.32 Å². The lowest BCUT2D eigenvalue weighted by molar-refractivity contribution is -0.119. The van der Waals surface area contributed by atoms with Crippen molar-refractivity contribution in [2.75, 3.05) is 5.75 Å². The zero-order chi connectivity index (χ0) is 18.7. The lowest BCUT2D eigenvalue weighted by Crippen LogP contribution is -2.30. The molecule has 0 aliphatic carbocycles. The van der Waals surface area contributed by atoms with E-state index in [9.17, 15) is 4.79 Å². The van der Waals surface area contributed by atoms with Gasteiger partial charge in [0.05, 0.1) is 22.8 Å². The summed E-state index contributed by atoms with van der Waals surface area (Å²) in [6.45, 7) is 8.33. The molecule has 5 heteroatoms. The van der Waals surface area contributed by atoms with Crippen LogP contribution in [0.3, 0.4) is 0 Å². The number of para-hydroxylation sites is 2. The third-order valence-corrected chi connectivity index (χ3v) is 5.31. The molecule has 0 aliphatic rings. The van der Waals surface area contributed by atoms with Crippen molar-refractivity contribution in [2.45, 2.75) is 44.7 Å². The Morgan fingerprint density at radius 1 is 1.12 bits per heavy atom. The highest BCUT2D eigenvalue weighted by molar-refractivity contribution is 8.00. The summed E-state index contributed by atoms with van der Waals surface area (Å²) in [5, 5.41) is 3.09. The Bertz CT molecular complexity index is 899. The maximum Gasteiger partial charge on any atom is 0.230 e. The van der Waals surface area contributed by atoms with Crippen LogP contribution in [0, 0.1) is 6.92 Å². The van der Waals surface area contributed by atoms with E-state index >= 15 is 0 Å². The van der Waals surface area contributed by atoms with Gasteiger partial charge in [-0.2, -0.15) is 0 Å². The second-order valence-corrected chi connectivity index (χ2v) is 7.86. The Morgan fingerprint density at radius 2 is 1.81 bits per heavy atom.